The summed E-state index contributed by atoms with van der Waals surface area (Å²) in [4.78, 5) is 2.69. The van der Waals surface area contributed by atoms with Crippen LogP contribution in [-0.4, -0.2) is 12.0 Å². The molecule has 0 aliphatic rings. The summed E-state index contributed by atoms with van der Waals surface area (Å²) in [5, 5.41) is 12.1. The number of fused-ring (bicyclic) bond motifs is 1. The van der Waals surface area contributed by atoms with Crippen molar-refractivity contribution in [3.63, 3.8) is 0 Å². The molecule has 68 valence electrons. The van der Waals surface area contributed by atoms with E-state index in [4.69, 9.17) is 6.85 Å². The van der Waals surface area contributed by atoms with Crippen molar-refractivity contribution in [3.8, 4) is 0 Å². The van der Waals surface area contributed by atoms with Gasteiger partial charge in [0.25, 0.3) is 5.65 Å². The molecule has 0 amide bonds. The monoisotopic (exact) mass is 183 g/mol. The third kappa shape index (κ3) is 1.36. The summed E-state index contributed by atoms with van der Waals surface area (Å²) in [7, 11) is -2.88. The fraction of sp³-hybridized carbons (Fsp3) is 0.222. The second kappa shape index (κ2) is 3.06. The molecule has 2 heterocycles. The first-order chi connectivity index (χ1) is 8.19. The molecule has 0 aromatic carbocycles. The fourth-order valence-electron chi connectivity index (χ4n) is 1.19. The molecule has 13 heavy (non-hydrogen) atoms. The zero-order valence-corrected chi connectivity index (χ0v) is 6.57. The van der Waals surface area contributed by atoms with Gasteiger partial charge < -0.3 is 9.94 Å². The summed E-state index contributed by atoms with van der Waals surface area (Å²) in [6.07, 6.45) is 2.48. The maximum absolute atomic E-state index is 11.6. The van der Waals surface area contributed by atoms with Crippen LogP contribution in [0.1, 0.15) is 12.4 Å². The Kier molecular flexibility index (Phi) is 0.968. The third-order valence-electron chi connectivity index (χ3n) is 1.71. The molecule has 0 atom stereocenters. The topological polar surface area (TPSA) is 52.0 Å². The van der Waals surface area contributed by atoms with E-state index in [0.717, 1.165) is 6.20 Å². The Hall–Kier alpha value is -1.55. The van der Waals surface area contributed by atoms with E-state index in [2.05, 4.69) is 9.72 Å². The van der Waals surface area contributed by atoms with E-state index in [9.17, 15) is 5.21 Å². The molecule has 0 bridgehead atoms. The maximum atomic E-state index is 11.6. The first-order valence-corrected chi connectivity index (χ1v) is 3.60. The van der Waals surface area contributed by atoms with E-state index in [1.165, 1.54) is 12.3 Å². The molecule has 2 aromatic heterocycles. The fourth-order valence-corrected chi connectivity index (χ4v) is 1.19. The number of ether oxygens (including phenoxy) is 1. The van der Waals surface area contributed by atoms with Crippen molar-refractivity contribution in [1.82, 2.24) is 4.98 Å². The van der Waals surface area contributed by atoms with Gasteiger partial charge in [0.15, 0.2) is 0 Å². The van der Waals surface area contributed by atoms with Gasteiger partial charge in [0.2, 0.25) is 0 Å². The first kappa shape index (κ1) is 4.11. The van der Waals surface area contributed by atoms with Crippen molar-refractivity contribution < 1.29 is 16.3 Å². The lowest BCUT2D eigenvalue weighted by atomic mass is 10.2. The van der Waals surface area contributed by atoms with Crippen LogP contribution < -0.4 is 4.73 Å². The lowest BCUT2D eigenvalue weighted by molar-refractivity contribution is -0.579. The highest BCUT2D eigenvalue weighted by molar-refractivity contribution is 5.72. The van der Waals surface area contributed by atoms with E-state index in [1.807, 2.05) is 0 Å². The summed E-state index contributed by atoms with van der Waals surface area (Å²) in [5.41, 5.74) is 0.115. The molecule has 0 aliphatic heterocycles. The molecule has 0 saturated heterocycles. The Morgan fingerprint density at radius 3 is 3.62 bits per heavy atom. The van der Waals surface area contributed by atoms with E-state index >= 15 is 0 Å². The number of nitrogens with zero attached hydrogens (tertiary/aromatic N) is 1. The van der Waals surface area contributed by atoms with Crippen LogP contribution >= 0.6 is 0 Å². The van der Waals surface area contributed by atoms with Gasteiger partial charge in [0.05, 0.1) is 31.2 Å². The lowest BCUT2D eigenvalue weighted by Crippen LogP contribution is -2.27. The van der Waals surface area contributed by atoms with Crippen LogP contribution in [0, 0.1) is 5.21 Å². The Morgan fingerprint density at radius 1 is 1.85 bits per heavy atom. The smallest absolute Gasteiger partial charge is 0.289 e. The second-order valence-electron chi connectivity index (χ2n) is 2.54. The van der Waals surface area contributed by atoms with Crippen molar-refractivity contribution in [3.05, 3.63) is 35.3 Å². The molecule has 0 saturated carbocycles. The molecular formula is C9H10N2O2. The summed E-state index contributed by atoms with van der Waals surface area (Å²) >= 11 is 0. The number of methoxy groups -OCH3 is 1. The van der Waals surface area contributed by atoms with Crippen molar-refractivity contribution >= 4 is 11.0 Å². The van der Waals surface area contributed by atoms with E-state index in [0.29, 0.717) is 10.1 Å². The number of aromatic amines is 1. The highest BCUT2D eigenvalue weighted by Crippen LogP contribution is 2.10. The zero-order chi connectivity index (χ0) is 13.6. The predicted molar refractivity (Wildman–Crippen MR) is 48.0 cm³/mol. The van der Waals surface area contributed by atoms with Gasteiger partial charge in [-0.05, 0) is 12.1 Å². The zero-order valence-electron chi connectivity index (χ0n) is 11.6. The molecule has 0 fully saturated rings. The van der Waals surface area contributed by atoms with Crippen LogP contribution in [0.2, 0.25) is 0 Å². The highest BCUT2D eigenvalue weighted by atomic mass is 16.5. The normalized spacial score (nSPS) is 18.6. The lowest BCUT2D eigenvalue weighted by Gasteiger charge is -2.05. The minimum absolute atomic E-state index is 0.152. The number of pyridine rings is 1. The summed E-state index contributed by atoms with van der Waals surface area (Å²) < 4.78 is 40.6. The molecular weight excluding hydrogens is 168 g/mol. The van der Waals surface area contributed by atoms with Crippen LogP contribution in [-0.2, 0) is 11.3 Å². The standard InChI is InChI=1S/C9H10N2O2/c1-13-6-7-4-8-2-3-10-9(8)11(12)5-7/h2-5,10H,6H2,1H3/i1D3,6D2. The van der Waals surface area contributed by atoms with Gasteiger partial charge in [0.1, 0.15) is 0 Å². The molecule has 0 aliphatic carbocycles. The number of hydrogen-bond donors (Lipinski definition) is 1. The number of nitrogens with one attached hydrogen (secondary N) is 1. The number of H-pyrrole nitrogens is 1. The predicted octanol–water partition coefficient (Wildman–Crippen LogP) is 0.948. The largest absolute Gasteiger partial charge is 0.711 e. The number of hydrogen-bond acceptors (Lipinski definition) is 2. The van der Waals surface area contributed by atoms with Crippen LogP contribution in [0.4, 0.5) is 0 Å². The molecule has 0 unspecified atom stereocenters. The Labute approximate surface area is 82.4 Å². The van der Waals surface area contributed by atoms with Crippen molar-refractivity contribution in [2.45, 2.75) is 6.56 Å². The van der Waals surface area contributed by atoms with Gasteiger partial charge in [-0.3, -0.25) is 0 Å². The Bertz CT molecular complexity index is 578. The van der Waals surface area contributed by atoms with Crippen LogP contribution in [0.5, 0.6) is 0 Å². The second-order valence-corrected chi connectivity index (χ2v) is 2.54. The molecule has 2 aromatic rings. The average molecular weight is 183 g/mol. The van der Waals surface area contributed by atoms with E-state index < -0.39 is 13.6 Å². The van der Waals surface area contributed by atoms with E-state index in [-0.39, 0.29) is 11.2 Å². The molecule has 0 radical (unpaired) electrons. The number of rotatable bonds is 2. The van der Waals surface area contributed by atoms with Gasteiger partial charge in [0, 0.05) is 12.6 Å². The average Bonchev–Trinajstić information content (AvgIpc) is 2.61. The van der Waals surface area contributed by atoms with Crippen molar-refractivity contribution in [2.75, 3.05) is 7.04 Å². The highest BCUT2D eigenvalue weighted by Gasteiger charge is 2.05. The van der Waals surface area contributed by atoms with Gasteiger partial charge in [-0.15, -0.1) is 0 Å². The summed E-state index contributed by atoms with van der Waals surface area (Å²) in [6, 6.07) is 2.95. The Balaban J connectivity index is 2.46. The maximum Gasteiger partial charge on any atom is 0.289 e. The molecule has 0 spiro atoms. The van der Waals surface area contributed by atoms with Gasteiger partial charge in [-0.2, -0.15) is 0 Å². The van der Waals surface area contributed by atoms with Crippen LogP contribution in [0.15, 0.2) is 24.5 Å². The minimum atomic E-state index is -2.88. The van der Waals surface area contributed by atoms with Crippen LogP contribution in [0.25, 0.3) is 11.0 Å². The third-order valence-corrected chi connectivity index (χ3v) is 1.71. The molecule has 4 heteroatoms. The molecule has 4 nitrogen and oxygen atoms in total. The summed E-state index contributed by atoms with van der Waals surface area (Å²) in [6.45, 7) is -2.57. The van der Waals surface area contributed by atoms with Gasteiger partial charge in [-0.25, -0.2) is 9.71 Å². The minimum Gasteiger partial charge on any atom is -0.711 e. The molecule has 2 rings (SSSR count). The number of aromatic nitrogens is 2. The van der Waals surface area contributed by atoms with E-state index in [1.54, 1.807) is 6.07 Å². The quantitative estimate of drug-likeness (QED) is 0.556. The molecule has 1 N–H and O–H groups in total. The first-order valence-electron chi connectivity index (χ1n) is 6.10. The Morgan fingerprint density at radius 2 is 2.77 bits per heavy atom. The van der Waals surface area contributed by atoms with Crippen molar-refractivity contribution in [1.29, 1.82) is 0 Å². The van der Waals surface area contributed by atoms with Gasteiger partial charge >= 0.3 is 0 Å². The van der Waals surface area contributed by atoms with Gasteiger partial charge in [-0.1, -0.05) is 0 Å². The SMILES string of the molecule is [2H]C([2H])([2H])OC([2H])([2H])c1cc2cc[nH]c2[n+]([O-])c1. The van der Waals surface area contributed by atoms with Crippen LogP contribution in [0.3, 0.4) is 0 Å². The van der Waals surface area contributed by atoms with Crippen molar-refractivity contribution in [2.24, 2.45) is 0 Å². The summed E-state index contributed by atoms with van der Waals surface area (Å²) in [5.74, 6) is 0.